The summed E-state index contributed by atoms with van der Waals surface area (Å²) in [5.74, 6) is 0. The van der Waals surface area contributed by atoms with Crippen molar-refractivity contribution in [2.75, 3.05) is 19.7 Å². The molecule has 1 rings (SSSR count). The molecule has 1 heterocycles. The Kier molecular flexibility index (Phi) is 5.64. The predicted molar refractivity (Wildman–Crippen MR) is 66.0 cm³/mol. The summed E-state index contributed by atoms with van der Waals surface area (Å²) in [4.78, 5) is 17.8. The van der Waals surface area contributed by atoms with Gasteiger partial charge in [-0.1, -0.05) is 0 Å². The highest BCUT2D eigenvalue weighted by atomic mass is 19.4. The molecule has 1 fully saturated rings. The van der Waals surface area contributed by atoms with Gasteiger partial charge < -0.3 is 9.64 Å². The van der Waals surface area contributed by atoms with Gasteiger partial charge in [0.15, 0.2) is 6.61 Å². The molecule has 0 radical (unpaired) electrons. The molecule has 0 bridgehead atoms. The maximum Gasteiger partial charge on any atom is 0.413 e. The number of rotatable bonds is 4. The molecule has 1 aliphatic rings. The van der Waals surface area contributed by atoms with E-state index in [9.17, 15) is 18.0 Å². The van der Waals surface area contributed by atoms with E-state index in [1.54, 1.807) is 20.8 Å². The van der Waals surface area contributed by atoms with Crippen LogP contribution in [0.15, 0.2) is 0 Å². The molecule has 1 saturated heterocycles. The van der Waals surface area contributed by atoms with Crippen LogP contribution in [0.25, 0.3) is 0 Å². The van der Waals surface area contributed by atoms with E-state index < -0.39 is 24.5 Å². The van der Waals surface area contributed by atoms with Crippen molar-refractivity contribution in [2.45, 2.75) is 51.4 Å². The number of ether oxygens (including phenoxy) is 1. The highest BCUT2D eigenvalue weighted by molar-refractivity contribution is 5.69. The molecule has 1 amide bonds. The van der Waals surface area contributed by atoms with Gasteiger partial charge in [-0.15, -0.1) is 0 Å². The topological polar surface area (TPSA) is 50.8 Å². The number of amides is 1. The Morgan fingerprint density at radius 3 is 2.55 bits per heavy atom. The maximum atomic E-state index is 11.9. The van der Waals surface area contributed by atoms with Crippen LogP contribution in [0.1, 0.15) is 33.6 Å². The number of nitrogens with one attached hydrogen (secondary N) is 1. The Bertz CT molecular complexity index is 329. The molecule has 0 aliphatic carbocycles. The summed E-state index contributed by atoms with van der Waals surface area (Å²) in [6.07, 6.45) is -3.31. The van der Waals surface area contributed by atoms with E-state index in [1.807, 2.05) is 0 Å². The van der Waals surface area contributed by atoms with Crippen LogP contribution >= 0.6 is 0 Å². The fraction of sp³-hybridized carbons (Fsp3) is 0.917. The number of likely N-dealkylation sites (tertiary alicyclic amines) is 1. The second-order valence-electron chi connectivity index (χ2n) is 5.72. The third kappa shape index (κ3) is 6.42. The van der Waals surface area contributed by atoms with Crippen LogP contribution in [0.2, 0.25) is 0 Å². The van der Waals surface area contributed by atoms with E-state index >= 15 is 0 Å². The molecule has 0 aromatic carbocycles. The first kappa shape index (κ1) is 17.0. The number of carbonyl (C=O) groups excluding carboxylic acids is 1. The molecule has 1 unspecified atom stereocenters. The first-order valence-corrected chi connectivity index (χ1v) is 6.49. The van der Waals surface area contributed by atoms with Gasteiger partial charge in [-0.3, -0.25) is 4.84 Å². The Balaban J connectivity index is 2.36. The summed E-state index contributed by atoms with van der Waals surface area (Å²) in [6.45, 7) is 4.63. The highest BCUT2D eigenvalue weighted by Crippen LogP contribution is 2.20. The summed E-state index contributed by atoms with van der Waals surface area (Å²) < 4.78 is 40.9. The lowest BCUT2D eigenvalue weighted by Crippen LogP contribution is -2.44. The lowest BCUT2D eigenvalue weighted by molar-refractivity contribution is -0.190. The summed E-state index contributed by atoms with van der Waals surface area (Å²) in [7, 11) is 0. The number of hydrogen-bond acceptors (Lipinski definition) is 4. The number of hydroxylamine groups is 1. The zero-order valence-electron chi connectivity index (χ0n) is 11.9. The Labute approximate surface area is 116 Å². The molecular formula is C12H21F3N2O3. The van der Waals surface area contributed by atoms with E-state index in [0.717, 1.165) is 6.42 Å². The SMILES string of the molecule is CC(C)(C)OC(=O)N1CCCC1CNOCC(F)(F)F. The van der Waals surface area contributed by atoms with E-state index in [1.165, 1.54) is 4.90 Å². The van der Waals surface area contributed by atoms with Crippen molar-refractivity contribution in [2.24, 2.45) is 0 Å². The summed E-state index contributed by atoms with van der Waals surface area (Å²) in [5.41, 5.74) is 1.67. The van der Waals surface area contributed by atoms with Crippen LogP contribution in [-0.4, -0.2) is 48.5 Å². The van der Waals surface area contributed by atoms with Crippen molar-refractivity contribution in [3.05, 3.63) is 0 Å². The zero-order valence-corrected chi connectivity index (χ0v) is 11.9. The molecule has 8 heteroatoms. The van der Waals surface area contributed by atoms with Crippen molar-refractivity contribution in [3.63, 3.8) is 0 Å². The molecule has 0 aromatic heterocycles. The number of hydrogen-bond donors (Lipinski definition) is 1. The zero-order chi connectivity index (χ0) is 15.4. The minimum Gasteiger partial charge on any atom is -0.444 e. The van der Waals surface area contributed by atoms with Crippen molar-refractivity contribution in [1.29, 1.82) is 0 Å². The van der Waals surface area contributed by atoms with Gasteiger partial charge in [0.05, 0.1) is 0 Å². The molecule has 0 aromatic rings. The second-order valence-corrected chi connectivity index (χ2v) is 5.72. The van der Waals surface area contributed by atoms with Gasteiger partial charge in [-0.05, 0) is 33.6 Å². The lowest BCUT2D eigenvalue weighted by atomic mass is 10.2. The van der Waals surface area contributed by atoms with Gasteiger partial charge in [0.1, 0.15) is 5.60 Å². The fourth-order valence-electron chi connectivity index (χ4n) is 1.90. The third-order valence-corrected chi connectivity index (χ3v) is 2.66. The summed E-state index contributed by atoms with van der Waals surface area (Å²) in [5, 5.41) is 0. The number of nitrogens with zero attached hydrogens (tertiary/aromatic N) is 1. The molecule has 1 atom stereocenters. The van der Waals surface area contributed by atoms with Crippen LogP contribution in [0.4, 0.5) is 18.0 Å². The highest BCUT2D eigenvalue weighted by Gasteiger charge is 2.32. The fourth-order valence-corrected chi connectivity index (χ4v) is 1.90. The normalized spacial score (nSPS) is 20.3. The van der Waals surface area contributed by atoms with Crippen LogP contribution in [0, 0.1) is 0 Å². The van der Waals surface area contributed by atoms with E-state index in [0.29, 0.717) is 13.0 Å². The van der Waals surface area contributed by atoms with Crippen molar-refractivity contribution >= 4 is 6.09 Å². The molecule has 0 saturated carbocycles. The second kappa shape index (κ2) is 6.62. The first-order chi connectivity index (χ1) is 9.08. The molecule has 5 nitrogen and oxygen atoms in total. The monoisotopic (exact) mass is 298 g/mol. The lowest BCUT2D eigenvalue weighted by Gasteiger charge is -2.28. The minimum atomic E-state index is -4.37. The Morgan fingerprint density at radius 2 is 2.00 bits per heavy atom. The van der Waals surface area contributed by atoms with Crippen molar-refractivity contribution in [3.8, 4) is 0 Å². The standard InChI is InChI=1S/C12H21F3N2O3/c1-11(2,3)20-10(18)17-6-4-5-9(17)7-16-19-8-12(13,14)15/h9,16H,4-8H2,1-3H3. The van der Waals surface area contributed by atoms with Gasteiger partial charge in [0.25, 0.3) is 0 Å². The first-order valence-electron chi connectivity index (χ1n) is 6.49. The molecular weight excluding hydrogens is 277 g/mol. The average molecular weight is 298 g/mol. The van der Waals surface area contributed by atoms with Gasteiger partial charge in [0.2, 0.25) is 0 Å². The molecule has 0 spiro atoms. The number of alkyl halides is 3. The van der Waals surface area contributed by atoms with Crippen molar-refractivity contribution < 1.29 is 27.5 Å². The van der Waals surface area contributed by atoms with E-state index in [4.69, 9.17) is 4.74 Å². The number of carbonyl (C=O) groups is 1. The van der Waals surface area contributed by atoms with Crippen LogP contribution in [0.5, 0.6) is 0 Å². The summed E-state index contributed by atoms with van der Waals surface area (Å²) >= 11 is 0. The predicted octanol–water partition coefficient (Wildman–Crippen LogP) is 2.47. The Morgan fingerprint density at radius 1 is 1.35 bits per heavy atom. The van der Waals surface area contributed by atoms with Gasteiger partial charge >= 0.3 is 12.3 Å². The van der Waals surface area contributed by atoms with Crippen LogP contribution in [-0.2, 0) is 9.57 Å². The van der Waals surface area contributed by atoms with Gasteiger partial charge in [-0.25, -0.2) is 10.3 Å². The third-order valence-electron chi connectivity index (χ3n) is 2.66. The molecule has 118 valence electrons. The molecule has 1 aliphatic heterocycles. The largest absolute Gasteiger partial charge is 0.444 e. The average Bonchev–Trinajstić information content (AvgIpc) is 2.68. The molecule has 20 heavy (non-hydrogen) atoms. The van der Waals surface area contributed by atoms with E-state index in [2.05, 4.69) is 10.3 Å². The number of halogens is 3. The molecule has 1 N–H and O–H groups in total. The Hall–Kier alpha value is -1.02. The quantitative estimate of drug-likeness (QED) is 0.640. The van der Waals surface area contributed by atoms with Gasteiger partial charge in [0, 0.05) is 19.1 Å². The minimum absolute atomic E-state index is 0.148. The van der Waals surface area contributed by atoms with Gasteiger partial charge in [-0.2, -0.15) is 13.2 Å². The van der Waals surface area contributed by atoms with E-state index in [-0.39, 0.29) is 12.6 Å². The maximum absolute atomic E-state index is 11.9. The smallest absolute Gasteiger partial charge is 0.413 e. The van der Waals surface area contributed by atoms with Crippen molar-refractivity contribution in [1.82, 2.24) is 10.4 Å². The van der Waals surface area contributed by atoms with Crippen LogP contribution < -0.4 is 5.48 Å². The van der Waals surface area contributed by atoms with Crippen LogP contribution in [0.3, 0.4) is 0 Å². The summed E-state index contributed by atoms with van der Waals surface area (Å²) in [6, 6.07) is -0.210.